The second-order valence-electron chi connectivity index (χ2n) is 7.31. The van der Waals surface area contributed by atoms with Gasteiger partial charge >= 0.3 is 0 Å². The van der Waals surface area contributed by atoms with Gasteiger partial charge in [0.05, 0.1) is 11.3 Å². The van der Waals surface area contributed by atoms with Gasteiger partial charge in [0.25, 0.3) is 0 Å². The molecule has 1 unspecified atom stereocenters. The van der Waals surface area contributed by atoms with E-state index in [1.54, 1.807) is 4.57 Å². The molecule has 1 atom stereocenters. The fraction of sp³-hybridized carbons (Fsp3) is 0.286. The normalized spacial score (nSPS) is 18.0. The highest BCUT2D eigenvalue weighted by atomic mass is 16.6. The number of hydrogen-bond donors (Lipinski definition) is 2. The van der Waals surface area contributed by atoms with Gasteiger partial charge in [0, 0.05) is 17.0 Å². The van der Waals surface area contributed by atoms with Crippen molar-refractivity contribution in [3.05, 3.63) is 64.7 Å². The van der Waals surface area contributed by atoms with Gasteiger partial charge in [-0.3, -0.25) is 10.4 Å². The summed E-state index contributed by atoms with van der Waals surface area (Å²) >= 11 is 0. The fourth-order valence-electron chi connectivity index (χ4n) is 3.83. The van der Waals surface area contributed by atoms with Crippen molar-refractivity contribution in [2.24, 2.45) is 0 Å². The molecule has 4 rings (SSSR count). The van der Waals surface area contributed by atoms with Crippen LogP contribution in [-0.4, -0.2) is 25.8 Å². The Hall–Kier alpha value is -3.03. The van der Waals surface area contributed by atoms with Crippen LogP contribution in [-0.2, 0) is 6.67 Å². The Kier molecular flexibility index (Phi) is 4.49. The number of anilines is 1. The summed E-state index contributed by atoms with van der Waals surface area (Å²) < 4.78 is 1.09. The van der Waals surface area contributed by atoms with E-state index in [0.717, 1.165) is 34.5 Å². The zero-order chi connectivity index (χ0) is 19.9. The topological polar surface area (TPSA) is 89.7 Å². The Morgan fingerprint density at radius 3 is 2.43 bits per heavy atom. The number of nitrogens with one attached hydrogen (secondary N) is 2. The van der Waals surface area contributed by atoms with Gasteiger partial charge in [-0.2, -0.15) is 0 Å². The van der Waals surface area contributed by atoms with Crippen LogP contribution in [0.4, 0.5) is 5.82 Å². The highest BCUT2D eigenvalue weighted by molar-refractivity contribution is 5.88. The quantitative estimate of drug-likeness (QED) is 0.536. The number of rotatable bonds is 4. The molecule has 2 N–H and O–H groups in total. The molecule has 0 bridgehead atoms. The van der Waals surface area contributed by atoms with Crippen LogP contribution >= 0.6 is 0 Å². The first-order chi connectivity index (χ1) is 13.4. The van der Waals surface area contributed by atoms with Gasteiger partial charge in [-0.05, 0) is 38.0 Å². The molecule has 7 heteroatoms. The minimum Gasteiger partial charge on any atom is -0.605 e. The molecule has 144 valence electrons. The summed E-state index contributed by atoms with van der Waals surface area (Å²) in [6.07, 6.45) is 0.750. The van der Waals surface area contributed by atoms with Crippen LogP contribution in [0, 0.1) is 24.5 Å². The Morgan fingerprint density at radius 1 is 1.11 bits per heavy atom. The Balaban J connectivity index is 2.02. The third-order valence-corrected chi connectivity index (χ3v) is 4.90. The number of hydrogen-bond acceptors (Lipinski definition) is 5. The highest BCUT2D eigenvalue weighted by Gasteiger charge is 2.32. The number of pyridine rings is 1. The number of aromatic nitrogens is 3. The van der Waals surface area contributed by atoms with Gasteiger partial charge < -0.3 is 5.21 Å². The Morgan fingerprint density at radius 2 is 1.79 bits per heavy atom. The van der Waals surface area contributed by atoms with E-state index in [2.05, 4.69) is 15.4 Å². The maximum Gasteiger partial charge on any atom is 0.228 e. The van der Waals surface area contributed by atoms with Crippen molar-refractivity contribution in [3.63, 3.8) is 0 Å². The standard InChI is InChI=1S/C21H24N6O/c1-4-10-27(28)13-26-20(25-27)18(17-11-14(2)23-15(3)12-17)19(24-21(26)22)16-8-6-5-7-9-16/h5-9,11-12,22,25H,4,10,13H2,1-3H3. The molecule has 1 aromatic carbocycles. The third-order valence-electron chi connectivity index (χ3n) is 4.90. The van der Waals surface area contributed by atoms with Crippen LogP contribution in [0.5, 0.6) is 0 Å². The second kappa shape index (κ2) is 6.85. The number of hydroxylamine groups is 2. The van der Waals surface area contributed by atoms with Gasteiger partial charge in [-0.1, -0.05) is 37.3 Å². The summed E-state index contributed by atoms with van der Waals surface area (Å²) in [5.41, 5.74) is 8.40. The number of fused-ring (bicyclic) bond motifs is 1. The summed E-state index contributed by atoms with van der Waals surface area (Å²) in [5.74, 6) is 0.646. The van der Waals surface area contributed by atoms with E-state index in [1.165, 1.54) is 0 Å². The van der Waals surface area contributed by atoms with Gasteiger partial charge in [0.1, 0.15) is 6.54 Å². The van der Waals surface area contributed by atoms with Crippen molar-refractivity contribution in [1.29, 1.82) is 5.41 Å². The first kappa shape index (κ1) is 18.3. The fourth-order valence-corrected chi connectivity index (χ4v) is 3.83. The van der Waals surface area contributed by atoms with Gasteiger partial charge in [0.2, 0.25) is 5.62 Å². The molecule has 0 radical (unpaired) electrons. The average Bonchev–Trinajstić information content (AvgIpc) is 2.99. The lowest BCUT2D eigenvalue weighted by Crippen LogP contribution is -2.44. The first-order valence-electron chi connectivity index (χ1n) is 9.47. The number of quaternary nitrogens is 1. The van der Waals surface area contributed by atoms with E-state index in [4.69, 9.17) is 5.41 Å². The van der Waals surface area contributed by atoms with Gasteiger partial charge in [-0.25, -0.2) is 19.7 Å². The molecule has 3 aromatic rings. The molecular formula is C21H24N6O. The molecule has 0 aliphatic carbocycles. The second-order valence-corrected chi connectivity index (χ2v) is 7.31. The van der Waals surface area contributed by atoms with Crippen molar-refractivity contribution < 1.29 is 4.76 Å². The molecule has 1 aliphatic heterocycles. The zero-order valence-electron chi connectivity index (χ0n) is 16.4. The molecule has 0 saturated carbocycles. The van der Waals surface area contributed by atoms with Crippen LogP contribution < -0.4 is 11.0 Å². The van der Waals surface area contributed by atoms with Crippen LogP contribution in [0.1, 0.15) is 24.7 Å². The van der Waals surface area contributed by atoms with Gasteiger partial charge in [-0.15, -0.1) is 0 Å². The summed E-state index contributed by atoms with van der Waals surface area (Å²) in [5, 5.41) is 21.6. The van der Waals surface area contributed by atoms with Crippen molar-refractivity contribution in [3.8, 4) is 22.4 Å². The van der Waals surface area contributed by atoms with Gasteiger partial charge in [0.15, 0.2) is 12.5 Å². The lowest BCUT2D eigenvalue weighted by molar-refractivity contribution is -0.873. The van der Waals surface area contributed by atoms with E-state index in [0.29, 0.717) is 18.1 Å². The SMILES string of the molecule is CCC[N+]1([O-])Cn2c(c(-c3cc(C)nc(C)c3)c(-c3ccccc3)nc2=N)N1. The smallest absolute Gasteiger partial charge is 0.228 e. The predicted molar refractivity (Wildman–Crippen MR) is 109 cm³/mol. The van der Waals surface area contributed by atoms with Crippen LogP contribution in [0.15, 0.2) is 42.5 Å². The summed E-state index contributed by atoms with van der Waals surface area (Å²) in [6, 6.07) is 13.8. The largest absolute Gasteiger partial charge is 0.605 e. The lowest BCUT2D eigenvalue weighted by Gasteiger charge is -2.35. The molecule has 0 amide bonds. The molecule has 3 heterocycles. The molecule has 2 aromatic heterocycles. The minimum atomic E-state index is -0.585. The molecule has 7 nitrogen and oxygen atoms in total. The molecular weight excluding hydrogens is 352 g/mol. The maximum absolute atomic E-state index is 13.2. The molecule has 0 fully saturated rings. The van der Waals surface area contributed by atoms with E-state index in [1.807, 2.05) is 63.2 Å². The number of benzene rings is 1. The lowest BCUT2D eigenvalue weighted by atomic mass is 9.99. The summed E-state index contributed by atoms with van der Waals surface area (Å²) in [4.78, 5) is 9.08. The van der Waals surface area contributed by atoms with Crippen LogP contribution in [0.25, 0.3) is 22.4 Å². The van der Waals surface area contributed by atoms with E-state index < -0.39 is 4.76 Å². The summed E-state index contributed by atoms with van der Waals surface area (Å²) in [7, 11) is 0. The summed E-state index contributed by atoms with van der Waals surface area (Å²) in [6.45, 7) is 6.46. The molecule has 1 aliphatic rings. The third kappa shape index (κ3) is 3.19. The van der Waals surface area contributed by atoms with Crippen molar-refractivity contribution in [2.45, 2.75) is 33.9 Å². The van der Waals surface area contributed by atoms with E-state index in [-0.39, 0.29) is 12.3 Å². The monoisotopic (exact) mass is 376 g/mol. The van der Waals surface area contributed by atoms with E-state index >= 15 is 0 Å². The van der Waals surface area contributed by atoms with Crippen molar-refractivity contribution in [2.75, 3.05) is 12.0 Å². The average molecular weight is 376 g/mol. The van der Waals surface area contributed by atoms with Crippen LogP contribution in [0.2, 0.25) is 0 Å². The molecule has 0 spiro atoms. The van der Waals surface area contributed by atoms with Crippen LogP contribution in [0.3, 0.4) is 0 Å². The maximum atomic E-state index is 13.2. The Bertz CT molecular complexity index is 1070. The molecule has 0 saturated heterocycles. The van der Waals surface area contributed by atoms with Crippen molar-refractivity contribution >= 4 is 5.82 Å². The number of nitrogens with zero attached hydrogens (tertiary/aromatic N) is 4. The minimum absolute atomic E-state index is 0.0829. The highest BCUT2D eigenvalue weighted by Crippen LogP contribution is 2.39. The molecule has 28 heavy (non-hydrogen) atoms. The van der Waals surface area contributed by atoms with E-state index in [9.17, 15) is 5.21 Å². The zero-order valence-corrected chi connectivity index (χ0v) is 16.4. The predicted octanol–water partition coefficient (Wildman–Crippen LogP) is 3.73. The Labute approximate surface area is 164 Å². The first-order valence-corrected chi connectivity index (χ1v) is 9.47. The number of aryl methyl sites for hydroxylation is 2. The van der Waals surface area contributed by atoms with Crippen molar-refractivity contribution in [1.82, 2.24) is 14.5 Å².